The minimum absolute atomic E-state index is 0.0951. The Balaban J connectivity index is 1.56. The number of halogens is 2. The molecule has 5 aromatic rings. The van der Waals surface area contributed by atoms with Crippen LogP contribution < -0.4 is 26.9 Å². The smallest absolute Gasteiger partial charge is 0.306 e. The van der Waals surface area contributed by atoms with E-state index in [1.807, 2.05) is 19.0 Å². The van der Waals surface area contributed by atoms with Crippen LogP contribution in [0.1, 0.15) is 30.4 Å². The molecule has 4 heterocycles. The number of aromatic nitrogens is 4. The first-order chi connectivity index (χ1) is 23.6. The Kier molecular flexibility index (Phi) is 9.62. The molecule has 13 nitrogen and oxygen atoms in total. The van der Waals surface area contributed by atoms with E-state index in [1.165, 1.54) is 34.8 Å². The summed E-state index contributed by atoms with van der Waals surface area (Å²) in [5.41, 5.74) is 1.98. The molecule has 1 aliphatic heterocycles. The highest BCUT2D eigenvalue weighted by Gasteiger charge is 2.27. The van der Waals surface area contributed by atoms with Gasteiger partial charge in [-0.2, -0.15) is 0 Å². The van der Waals surface area contributed by atoms with Gasteiger partial charge in [-0.1, -0.05) is 18.2 Å². The molecule has 0 atom stereocenters. The van der Waals surface area contributed by atoms with Gasteiger partial charge < -0.3 is 10.2 Å². The van der Waals surface area contributed by atoms with Gasteiger partial charge in [-0.3, -0.25) is 23.9 Å². The van der Waals surface area contributed by atoms with Crippen LogP contribution in [-0.4, -0.2) is 63.9 Å². The minimum Gasteiger partial charge on any atom is -0.306 e. The van der Waals surface area contributed by atoms with Crippen molar-refractivity contribution >= 4 is 45.0 Å². The molecule has 0 radical (unpaired) electrons. The number of carbonyl (C=O) groups excluding carboxylic acids is 2. The number of nitrogens with one attached hydrogen (secondary N) is 2. The maximum absolute atomic E-state index is 15.0. The quantitative estimate of drug-likeness (QED) is 0.219. The van der Waals surface area contributed by atoms with Crippen LogP contribution in [0, 0.1) is 11.6 Å². The average molecular weight is 691 g/mol. The molecule has 0 unspecified atom stereocenters. The molecule has 0 aliphatic carbocycles. The van der Waals surface area contributed by atoms with Crippen molar-refractivity contribution in [3.05, 3.63) is 98.2 Å². The van der Waals surface area contributed by atoms with Crippen LogP contribution in [0.4, 0.5) is 25.1 Å². The SMILES string of the molecule is CONC(=O)Nc1ccc(-c2sc3c(c2CN(C)C)c(=O)n(-c2ccc(N4CCCCC4=O)nn2)c(=O)n3Cc2c(F)cccc2F)cc1. The first-order valence-electron chi connectivity index (χ1n) is 15.3. The molecule has 0 bridgehead atoms. The second-order valence-corrected chi connectivity index (χ2v) is 12.6. The molecular weight excluding hydrogens is 658 g/mol. The highest BCUT2D eigenvalue weighted by atomic mass is 32.1. The first kappa shape index (κ1) is 33.6. The zero-order valence-corrected chi connectivity index (χ0v) is 27.6. The summed E-state index contributed by atoms with van der Waals surface area (Å²) in [5.74, 6) is -1.61. The van der Waals surface area contributed by atoms with E-state index in [-0.39, 0.29) is 34.0 Å². The van der Waals surface area contributed by atoms with E-state index in [0.29, 0.717) is 40.5 Å². The van der Waals surface area contributed by atoms with Crippen molar-refractivity contribution in [2.24, 2.45) is 0 Å². The van der Waals surface area contributed by atoms with Crippen LogP contribution in [0.2, 0.25) is 0 Å². The van der Waals surface area contributed by atoms with Gasteiger partial charge in [-0.15, -0.1) is 21.5 Å². The predicted octanol–water partition coefficient (Wildman–Crippen LogP) is 4.26. The number of amides is 3. The lowest BCUT2D eigenvalue weighted by atomic mass is 10.1. The van der Waals surface area contributed by atoms with E-state index in [4.69, 9.17) is 0 Å². The molecule has 1 saturated heterocycles. The number of nitrogens with zero attached hydrogens (tertiary/aromatic N) is 6. The third-order valence-electron chi connectivity index (χ3n) is 7.99. The molecule has 3 aromatic heterocycles. The lowest BCUT2D eigenvalue weighted by Crippen LogP contribution is -2.40. The van der Waals surface area contributed by atoms with Crippen LogP contribution in [0.15, 0.2) is 64.2 Å². The van der Waals surface area contributed by atoms with E-state index in [9.17, 15) is 28.0 Å². The van der Waals surface area contributed by atoms with Crippen LogP contribution in [0.25, 0.3) is 26.5 Å². The predicted molar refractivity (Wildman–Crippen MR) is 181 cm³/mol. The van der Waals surface area contributed by atoms with Crippen LogP contribution >= 0.6 is 11.3 Å². The summed E-state index contributed by atoms with van der Waals surface area (Å²) in [6, 6.07) is 12.6. The van der Waals surface area contributed by atoms with Gasteiger partial charge in [0.1, 0.15) is 16.5 Å². The highest BCUT2D eigenvalue weighted by molar-refractivity contribution is 7.22. The third kappa shape index (κ3) is 6.70. The topological polar surface area (TPSA) is 144 Å². The van der Waals surface area contributed by atoms with Crippen molar-refractivity contribution in [2.75, 3.05) is 38.0 Å². The summed E-state index contributed by atoms with van der Waals surface area (Å²) in [6.07, 6.45) is 1.97. The fourth-order valence-corrected chi connectivity index (χ4v) is 7.04. The van der Waals surface area contributed by atoms with Gasteiger partial charge >= 0.3 is 11.7 Å². The number of carbonyl (C=O) groups is 2. The van der Waals surface area contributed by atoms with Crippen molar-refractivity contribution in [2.45, 2.75) is 32.4 Å². The van der Waals surface area contributed by atoms with Crippen molar-refractivity contribution in [1.82, 2.24) is 29.7 Å². The normalized spacial score (nSPS) is 13.3. The molecule has 6 rings (SSSR count). The monoisotopic (exact) mass is 690 g/mol. The van der Waals surface area contributed by atoms with E-state index in [2.05, 4.69) is 25.8 Å². The average Bonchev–Trinajstić information content (AvgIpc) is 3.44. The first-order valence-corrected chi connectivity index (χ1v) is 16.1. The van der Waals surface area contributed by atoms with Gasteiger partial charge in [0.25, 0.3) is 5.56 Å². The Labute approximate surface area is 282 Å². The lowest BCUT2D eigenvalue weighted by Gasteiger charge is -2.25. The largest absolute Gasteiger partial charge is 0.343 e. The number of hydrogen-bond donors (Lipinski definition) is 2. The Morgan fingerprint density at radius 1 is 0.959 bits per heavy atom. The van der Waals surface area contributed by atoms with Crippen molar-refractivity contribution in [3.63, 3.8) is 0 Å². The van der Waals surface area contributed by atoms with Crippen molar-refractivity contribution < 1.29 is 23.2 Å². The lowest BCUT2D eigenvalue weighted by molar-refractivity contribution is -0.119. The number of hydroxylamine groups is 1. The third-order valence-corrected chi connectivity index (χ3v) is 9.29. The van der Waals surface area contributed by atoms with Gasteiger partial charge in [-0.25, -0.2) is 28.4 Å². The number of piperidine rings is 1. The van der Waals surface area contributed by atoms with Crippen molar-refractivity contribution in [1.29, 1.82) is 0 Å². The molecular formula is C33H32F2N8O5S. The van der Waals surface area contributed by atoms with E-state index in [1.54, 1.807) is 24.3 Å². The maximum atomic E-state index is 15.0. The van der Waals surface area contributed by atoms with Crippen LogP contribution in [-0.2, 0) is 22.7 Å². The summed E-state index contributed by atoms with van der Waals surface area (Å²) in [7, 11) is 4.96. The summed E-state index contributed by atoms with van der Waals surface area (Å²) in [4.78, 5) is 61.9. The molecule has 1 fully saturated rings. The summed E-state index contributed by atoms with van der Waals surface area (Å²) in [5, 5.41) is 11.1. The van der Waals surface area contributed by atoms with E-state index >= 15 is 0 Å². The number of fused-ring (bicyclic) bond motifs is 1. The molecule has 1 aliphatic rings. The summed E-state index contributed by atoms with van der Waals surface area (Å²) in [6.45, 7) is 0.234. The molecule has 49 heavy (non-hydrogen) atoms. The van der Waals surface area contributed by atoms with Crippen LogP contribution in [0.5, 0.6) is 0 Å². The standard InChI is InChI=1S/C33H32F2N8O5S/c1-40(2)17-22-28-30(45)43(26-15-14-25(37-38-26)41-16-5-4-9-27(41)44)33(47)42(18-21-23(34)7-6-8-24(21)35)31(28)49-29(22)19-10-12-20(13-11-19)36-32(46)39-48-3/h6-8,10-15H,4-5,9,16-18H2,1-3H3,(H2,36,39,46). The molecule has 2 aromatic carbocycles. The number of benzene rings is 2. The number of rotatable bonds is 9. The molecule has 0 spiro atoms. The van der Waals surface area contributed by atoms with E-state index in [0.717, 1.165) is 40.9 Å². The van der Waals surface area contributed by atoms with Gasteiger partial charge in [-0.05, 0) is 74.5 Å². The molecule has 16 heteroatoms. The Morgan fingerprint density at radius 2 is 1.65 bits per heavy atom. The van der Waals surface area contributed by atoms with Gasteiger partial charge in [0, 0.05) is 35.6 Å². The second kappa shape index (κ2) is 14.0. The second-order valence-electron chi connectivity index (χ2n) is 11.6. The van der Waals surface area contributed by atoms with Crippen molar-refractivity contribution in [3.8, 4) is 16.3 Å². The number of urea groups is 1. The van der Waals surface area contributed by atoms with Gasteiger partial charge in [0.15, 0.2) is 11.6 Å². The summed E-state index contributed by atoms with van der Waals surface area (Å²) < 4.78 is 32.0. The minimum atomic E-state index is -0.871. The molecule has 2 N–H and O–H groups in total. The van der Waals surface area contributed by atoms with Gasteiger partial charge in [0.2, 0.25) is 5.91 Å². The maximum Gasteiger partial charge on any atom is 0.343 e. The van der Waals surface area contributed by atoms with Crippen LogP contribution in [0.3, 0.4) is 0 Å². The van der Waals surface area contributed by atoms with Gasteiger partial charge in [0.05, 0.1) is 19.0 Å². The number of hydrogen-bond acceptors (Lipinski definition) is 9. The fraction of sp³-hybridized carbons (Fsp3) is 0.273. The van der Waals surface area contributed by atoms with E-state index < -0.39 is 35.5 Å². The molecule has 254 valence electrons. The fourth-order valence-electron chi connectivity index (χ4n) is 5.74. The highest BCUT2D eigenvalue weighted by Crippen LogP contribution is 2.38. The molecule has 0 saturated carbocycles. The Hall–Kier alpha value is -5.32. The molecule has 3 amide bonds. The zero-order valence-electron chi connectivity index (χ0n) is 26.8. The zero-order chi connectivity index (χ0) is 34.8. The Bertz CT molecular complexity index is 2140. The number of thiophene rings is 1. The summed E-state index contributed by atoms with van der Waals surface area (Å²) >= 11 is 1.14. The number of anilines is 2. The Morgan fingerprint density at radius 3 is 2.29 bits per heavy atom.